The number of piperidine rings is 1. The number of benzene rings is 2. The van der Waals surface area contributed by atoms with E-state index in [1.54, 1.807) is 11.1 Å². The predicted octanol–water partition coefficient (Wildman–Crippen LogP) is 3.49. The van der Waals surface area contributed by atoms with E-state index < -0.39 is 0 Å². The molecule has 2 unspecified atom stereocenters. The van der Waals surface area contributed by atoms with Crippen molar-refractivity contribution in [3.63, 3.8) is 0 Å². The highest BCUT2D eigenvalue weighted by Gasteiger charge is 2.31. The van der Waals surface area contributed by atoms with Gasteiger partial charge in [0.25, 0.3) is 5.91 Å². The van der Waals surface area contributed by atoms with Crippen LogP contribution in [0.5, 0.6) is 0 Å². The van der Waals surface area contributed by atoms with Crippen molar-refractivity contribution in [2.75, 3.05) is 13.1 Å². The SMILES string of the molecule is Cc1ccc(C(=O)N2CCCC(C(=O)NC(c3ccccc3)c3nccn3C)C2)cc1. The molecule has 1 aromatic heterocycles. The van der Waals surface area contributed by atoms with E-state index in [0.717, 1.165) is 29.8 Å². The summed E-state index contributed by atoms with van der Waals surface area (Å²) >= 11 is 0. The van der Waals surface area contributed by atoms with Gasteiger partial charge in [-0.15, -0.1) is 0 Å². The maximum absolute atomic E-state index is 13.3. The second-order valence-corrected chi connectivity index (χ2v) is 8.20. The van der Waals surface area contributed by atoms with Gasteiger partial charge in [-0.25, -0.2) is 4.98 Å². The second kappa shape index (κ2) is 9.16. The minimum Gasteiger partial charge on any atom is -0.342 e. The zero-order valence-electron chi connectivity index (χ0n) is 18.0. The normalized spacial score (nSPS) is 17.2. The van der Waals surface area contributed by atoms with Crippen molar-refractivity contribution in [3.05, 3.63) is 89.5 Å². The Labute approximate surface area is 182 Å². The molecule has 2 aromatic carbocycles. The zero-order valence-corrected chi connectivity index (χ0v) is 18.0. The third-order valence-corrected chi connectivity index (χ3v) is 5.91. The number of nitrogens with one attached hydrogen (secondary N) is 1. The number of carbonyl (C=O) groups excluding carboxylic acids is 2. The van der Waals surface area contributed by atoms with Crippen LogP contribution in [0.3, 0.4) is 0 Å². The van der Waals surface area contributed by atoms with Crippen molar-refractivity contribution in [3.8, 4) is 0 Å². The number of likely N-dealkylation sites (tertiary alicyclic amines) is 1. The van der Waals surface area contributed by atoms with E-state index in [-0.39, 0.29) is 23.8 Å². The minimum absolute atomic E-state index is 0.0128. The summed E-state index contributed by atoms with van der Waals surface area (Å²) in [7, 11) is 1.92. The molecule has 1 fully saturated rings. The van der Waals surface area contributed by atoms with Gasteiger partial charge in [-0.2, -0.15) is 0 Å². The molecule has 3 aromatic rings. The average molecular weight is 417 g/mol. The van der Waals surface area contributed by atoms with E-state index in [4.69, 9.17) is 0 Å². The van der Waals surface area contributed by atoms with E-state index >= 15 is 0 Å². The van der Waals surface area contributed by atoms with E-state index in [1.165, 1.54) is 0 Å². The molecular formula is C25H28N4O2. The number of hydrogen-bond acceptors (Lipinski definition) is 3. The largest absolute Gasteiger partial charge is 0.342 e. The molecule has 1 saturated heterocycles. The van der Waals surface area contributed by atoms with E-state index in [9.17, 15) is 9.59 Å². The molecule has 6 heteroatoms. The van der Waals surface area contributed by atoms with Gasteiger partial charge in [0.2, 0.25) is 5.91 Å². The molecule has 2 atom stereocenters. The maximum atomic E-state index is 13.3. The molecule has 2 amide bonds. The van der Waals surface area contributed by atoms with Crippen molar-refractivity contribution in [2.24, 2.45) is 13.0 Å². The van der Waals surface area contributed by atoms with Gasteiger partial charge >= 0.3 is 0 Å². The van der Waals surface area contributed by atoms with Crippen LogP contribution >= 0.6 is 0 Å². The van der Waals surface area contributed by atoms with Gasteiger partial charge < -0.3 is 14.8 Å². The topological polar surface area (TPSA) is 67.2 Å². The standard InChI is InChI=1S/C25H28N4O2/c1-18-10-12-20(13-11-18)25(31)29-15-6-9-21(17-29)24(30)27-22(19-7-4-3-5-8-19)23-26-14-16-28(23)2/h3-5,7-8,10-14,16,21-22H,6,9,15,17H2,1-2H3,(H,27,30). The summed E-state index contributed by atoms with van der Waals surface area (Å²) in [6.07, 6.45) is 5.19. The highest BCUT2D eigenvalue weighted by Crippen LogP contribution is 2.24. The van der Waals surface area contributed by atoms with Gasteiger partial charge in [-0.05, 0) is 37.5 Å². The lowest BCUT2D eigenvalue weighted by Gasteiger charge is -2.33. The molecule has 0 bridgehead atoms. The predicted molar refractivity (Wildman–Crippen MR) is 119 cm³/mol. The fraction of sp³-hybridized carbons (Fsp3) is 0.320. The molecule has 31 heavy (non-hydrogen) atoms. The first-order valence-corrected chi connectivity index (χ1v) is 10.7. The molecule has 4 rings (SSSR count). The Hall–Kier alpha value is -3.41. The number of aromatic nitrogens is 2. The van der Waals surface area contributed by atoms with Gasteiger partial charge in [0.05, 0.1) is 5.92 Å². The Bertz CT molecular complexity index is 1040. The Balaban J connectivity index is 1.49. The number of rotatable bonds is 5. The number of nitrogens with zero attached hydrogens (tertiary/aromatic N) is 3. The van der Waals surface area contributed by atoms with Crippen LogP contribution in [0, 0.1) is 12.8 Å². The number of hydrogen-bond donors (Lipinski definition) is 1. The Morgan fingerprint density at radius 3 is 2.52 bits per heavy atom. The van der Waals surface area contributed by atoms with Crippen LogP contribution < -0.4 is 5.32 Å². The Kier molecular flexibility index (Phi) is 6.16. The molecule has 1 aliphatic heterocycles. The Morgan fingerprint density at radius 2 is 1.84 bits per heavy atom. The molecule has 0 radical (unpaired) electrons. The summed E-state index contributed by atoms with van der Waals surface area (Å²) in [5.74, 6) is 0.483. The van der Waals surface area contributed by atoms with Crippen LogP contribution in [-0.2, 0) is 11.8 Å². The number of aryl methyl sites for hydroxylation is 2. The lowest BCUT2D eigenvalue weighted by Crippen LogP contribution is -2.46. The summed E-state index contributed by atoms with van der Waals surface area (Å²) in [6.45, 7) is 3.11. The Morgan fingerprint density at radius 1 is 1.10 bits per heavy atom. The maximum Gasteiger partial charge on any atom is 0.253 e. The van der Waals surface area contributed by atoms with Crippen molar-refractivity contribution < 1.29 is 9.59 Å². The van der Waals surface area contributed by atoms with Crippen LogP contribution in [0.2, 0.25) is 0 Å². The molecule has 1 aliphatic rings. The monoisotopic (exact) mass is 416 g/mol. The first-order chi connectivity index (χ1) is 15.0. The van der Waals surface area contributed by atoms with Crippen molar-refractivity contribution in [2.45, 2.75) is 25.8 Å². The van der Waals surface area contributed by atoms with Crippen LogP contribution in [0.25, 0.3) is 0 Å². The summed E-state index contributed by atoms with van der Waals surface area (Å²) in [6, 6.07) is 17.1. The number of imidazole rings is 1. The molecule has 6 nitrogen and oxygen atoms in total. The minimum atomic E-state index is -0.336. The average Bonchev–Trinajstić information content (AvgIpc) is 3.23. The van der Waals surface area contributed by atoms with Crippen molar-refractivity contribution in [1.82, 2.24) is 19.8 Å². The molecule has 1 N–H and O–H groups in total. The summed E-state index contributed by atoms with van der Waals surface area (Å²) in [5.41, 5.74) is 2.77. The molecule has 0 spiro atoms. The van der Waals surface area contributed by atoms with E-state index in [1.807, 2.05) is 79.3 Å². The van der Waals surface area contributed by atoms with Gasteiger partial charge in [0.1, 0.15) is 11.9 Å². The first-order valence-electron chi connectivity index (χ1n) is 10.7. The highest BCUT2D eigenvalue weighted by molar-refractivity contribution is 5.94. The summed E-state index contributed by atoms with van der Waals surface area (Å²) in [5, 5.41) is 3.19. The van der Waals surface area contributed by atoms with Crippen molar-refractivity contribution >= 4 is 11.8 Å². The van der Waals surface area contributed by atoms with Crippen LogP contribution in [0.4, 0.5) is 0 Å². The third-order valence-electron chi connectivity index (χ3n) is 5.91. The van der Waals surface area contributed by atoms with E-state index in [0.29, 0.717) is 18.7 Å². The fourth-order valence-corrected chi connectivity index (χ4v) is 4.11. The van der Waals surface area contributed by atoms with Gasteiger partial charge in [0.15, 0.2) is 0 Å². The summed E-state index contributed by atoms with van der Waals surface area (Å²) < 4.78 is 1.92. The molecule has 0 saturated carbocycles. The van der Waals surface area contributed by atoms with Crippen LogP contribution in [-0.4, -0.2) is 39.4 Å². The molecule has 2 heterocycles. The van der Waals surface area contributed by atoms with Crippen LogP contribution in [0.1, 0.15) is 46.2 Å². The third kappa shape index (κ3) is 4.68. The summed E-state index contributed by atoms with van der Waals surface area (Å²) in [4.78, 5) is 32.5. The smallest absolute Gasteiger partial charge is 0.253 e. The second-order valence-electron chi connectivity index (χ2n) is 8.20. The number of carbonyl (C=O) groups is 2. The van der Waals surface area contributed by atoms with Gasteiger partial charge in [-0.3, -0.25) is 9.59 Å². The lowest BCUT2D eigenvalue weighted by atomic mass is 9.95. The lowest BCUT2D eigenvalue weighted by molar-refractivity contribution is -0.126. The fourth-order valence-electron chi connectivity index (χ4n) is 4.11. The molecule has 0 aliphatic carbocycles. The zero-order chi connectivity index (χ0) is 21.8. The molecule has 160 valence electrons. The van der Waals surface area contributed by atoms with Crippen molar-refractivity contribution in [1.29, 1.82) is 0 Å². The van der Waals surface area contributed by atoms with Gasteiger partial charge in [0, 0.05) is 38.1 Å². The highest BCUT2D eigenvalue weighted by atomic mass is 16.2. The van der Waals surface area contributed by atoms with E-state index in [2.05, 4.69) is 10.3 Å². The van der Waals surface area contributed by atoms with Crippen LogP contribution in [0.15, 0.2) is 67.0 Å². The number of amides is 2. The quantitative estimate of drug-likeness (QED) is 0.692. The first kappa shape index (κ1) is 20.8. The molecular weight excluding hydrogens is 388 g/mol. The van der Waals surface area contributed by atoms with Gasteiger partial charge in [-0.1, -0.05) is 48.0 Å².